The Morgan fingerprint density at radius 3 is 2.11 bits per heavy atom. The Bertz CT molecular complexity index is 1370. The molecule has 2 nitrogen and oxygen atoms in total. The minimum absolute atomic E-state index is 0. The number of aryl methyl sites for hydroxylation is 1. The van der Waals surface area contributed by atoms with Crippen molar-refractivity contribution in [1.29, 1.82) is 0 Å². The van der Waals surface area contributed by atoms with Crippen LogP contribution in [0.3, 0.4) is 0 Å². The number of halogens is 3. The molecule has 195 valence electrons. The van der Waals surface area contributed by atoms with Crippen LogP contribution >= 0.6 is 0 Å². The second kappa shape index (κ2) is 14.4. The number of alkyl halides is 3. The Hall–Kier alpha value is -3.60. The molecule has 0 fully saturated rings. The van der Waals surface area contributed by atoms with Gasteiger partial charge in [-0.1, -0.05) is 65.2 Å². The van der Waals surface area contributed by atoms with Gasteiger partial charge in [-0.25, -0.2) is 4.39 Å². The fourth-order valence-electron chi connectivity index (χ4n) is 3.90. The first-order chi connectivity index (χ1) is 18.1. The van der Waals surface area contributed by atoms with E-state index in [0.717, 1.165) is 16.8 Å². The predicted octanol–water partition coefficient (Wildman–Crippen LogP) is 8.48. The van der Waals surface area contributed by atoms with E-state index in [0.29, 0.717) is 11.3 Å². The van der Waals surface area contributed by atoms with Crippen LogP contribution in [-0.4, -0.2) is 9.97 Å². The monoisotopic (exact) mass is 687 g/mol. The molecule has 0 amide bonds. The third-order valence-corrected chi connectivity index (χ3v) is 5.88. The molecule has 6 heteroatoms. The van der Waals surface area contributed by atoms with E-state index in [1.165, 1.54) is 17.2 Å². The molecule has 0 saturated heterocycles. The summed E-state index contributed by atoms with van der Waals surface area (Å²) < 4.78 is 38.9. The molecular formula is C32H25F3IrN2-2. The first-order valence-corrected chi connectivity index (χ1v) is 11.8. The van der Waals surface area contributed by atoms with Gasteiger partial charge in [-0.3, -0.25) is 8.78 Å². The normalized spacial score (nSPS) is 10.2. The summed E-state index contributed by atoms with van der Waals surface area (Å²) in [7, 11) is 0. The summed E-state index contributed by atoms with van der Waals surface area (Å²) in [4.78, 5) is 8.58. The van der Waals surface area contributed by atoms with Crippen molar-refractivity contribution in [3.8, 4) is 33.6 Å². The van der Waals surface area contributed by atoms with Crippen LogP contribution in [-0.2, 0) is 40.1 Å². The van der Waals surface area contributed by atoms with Gasteiger partial charge in [0.15, 0.2) is 0 Å². The van der Waals surface area contributed by atoms with Gasteiger partial charge in [-0.05, 0) is 41.1 Å². The van der Waals surface area contributed by atoms with Crippen LogP contribution in [0.25, 0.3) is 33.6 Å². The molecule has 0 spiro atoms. The molecule has 5 aromatic rings. The van der Waals surface area contributed by atoms with E-state index >= 15 is 0 Å². The van der Waals surface area contributed by atoms with E-state index in [-0.39, 0.29) is 36.8 Å². The third kappa shape index (κ3) is 7.03. The Morgan fingerprint density at radius 2 is 1.47 bits per heavy atom. The summed E-state index contributed by atoms with van der Waals surface area (Å²) in [5.41, 5.74) is 6.59. The maximum absolute atomic E-state index is 13.2. The van der Waals surface area contributed by atoms with E-state index in [4.69, 9.17) is 0 Å². The molecule has 38 heavy (non-hydrogen) atoms. The largest absolute Gasteiger partial charge is 0.305 e. The SMILES string of the molecule is Cc1ccc(-c2[c-]cc(CF)c(CF)c2CF)nc1.[Ir].[c-]1ccccc1-c1cc(-c2ccccc2)ccn1. The molecule has 0 bridgehead atoms. The minimum atomic E-state index is -0.897. The van der Waals surface area contributed by atoms with Crippen LogP contribution in [0.2, 0.25) is 0 Å². The molecule has 5 rings (SSSR count). The van der Waals surface area contributed by atoms with Crippen molar-refractivity contribution < 1.29 is 33.3 Å². The Morgan fingerprint density at radius 1 is 0.711 bits per heavy atom. The van der Waals surface area contributed by atoms with Crippen molar-refractivity contribution >= 4 is 0 Å². The van der Waals surface area contributed by atoms with E-state index < -0.39 is 20.0 Å². The van der Waals surface area contributed by atoms with Crippen molar-refractivity contribution in [3.63, 3.8) is 0 Å². The fourth-order valence-corrected chi connectivity index (χ4v) is 3.90. The van der Waals surface area contributed by atoms with E-state index in [1.807, 2.05) is 67.7 Å². The van der Waals surface area contributed by atoms with Crippen LogP contribution in [0, 0.1) is 19.1 Å². The molecule has 0 aliphatic heterocycles. The van der Waals surface area contributed by atoms with Crippen molar-refractivity contribution in [2.45, 2.75) is 26.9 Å². The summed E-state index contributed by atoms with van der Waals surface area (Å²) in [5, 5.41) is 0. The molecule has 0 aliphatic carbocycles. The summed E-state index contributed by atoms with van der Waals surface area (Å²) in [6, 6.07) is 33.3. The third-order valence-electron chi connectivity index (χ3n) is 5.88. The number of nitrogens with zero attached hydrogens (tertiary/aromatic N) is 2. The van der Waals surface area contributed by atoms with Crippen molar-refractivity contribution in [1.82, 2.24) is 9.97 Å². The molecule has 3 aromatic carbocycles. The molecule has 2 aromatic heterocycles. The average molecular weight is 687 g/mol. The molecule has 0 unspecified atom stereocenters. The Labute approximate surface area is 235 Å². The van der Waals surface area contributed by atoms with Gasteiger partial charge in [0.1, 0.15) is 0 Å². The van der Waals surface area contributed by atoms with Gasteiger partial charge in [0, 0.05) is 32.5 Å². The zero-order valence-corrected chi connectivity index (χ0v) is 23.1. The zero-order chi connectivity index (χ0) is 26.0. The van der Waals surface area contributed by atoms with E-state index in [9.17, 15) is 13.2 Å². The van der Waals surface area contributed by atoms with Crippen LogP contribution < -0.4 is 0 Å². The van der Waals surface area contributed by atoms with E-state index in [1.54, 1.807) is 12.3 Å². The van der Waals surface area contributed by atoms with Gasteiger partial charge in [-0.2, -0.15) is 0 Å². The van der Waals surface area contributed by atoms with Crippen molar-refractivity contribution in [3.05, 3.63) is 132 Å². The maximum Gasteiger partial charge on any atom is 0.0986 e. The molecular weight excluding hydrogens is 662 g/mol. The summed E-state index contributed by atoms with van der Waals surface area (Å²) >= 11 is 0. The summed E-state index contributed by atoms with van der Waals surface area (Å²) in [6.07, 6.45) is 3.49. The Balaban J connectivity index is 0.000000205. The number of rotatable bonds is 6. The van der Waals surface area contributed by atoms with Gasteiger partial charge < -0.3 is 9.97 Å². The quantitative estimate of drug-likeness (QED) is 0.168. The molecule has 0 atom stereocenters. The van der Waals surface area contributed by atoms with Crippen molar-refractivity contribution in [2.24, 2.45) is 0 Å². The van der Waals surface area contributed by atoms with Gasteiger partial charge in [0.05, 0.1) is 20.0 Å². The topological polar surface area (TPSA) is 25.8 Å². The number of pyridine rings is 2. The zero-order valence-electron chi connectivity index (χ0n) is 20.7. The Kier molecular flexibility index (Phi) is 11.0. The number of aromatic nitrogens is 2. The van der Waals surface area contributed by atoms with Crippen LogP contribution in [0.5, 0.6) is 0 Å². The first-order valence-electron chi connectivity index (χ1n) is 11.8. The van der Waals surface area contributed by atoms with Crippen LogP contribution in [0.15, 0.2) is 97.3 Å². The summed E-state index contributed by atoms with van der Waals surface area (Å²) in [5.74, 6) is 0. The molecule has 0 saturated carbocycles. The second-order valence-corrected chi connectivity index (χ2v) is 8.34. The number of hydrogen-bond acceptors (Lipinski definition) is 2. The van der Waals surface area contributed by atoms with Crippen molar-refractivity contribution in [2.75, 3.05) is 0 Å². The van der Waals surface area contributed by atoms with Crippen LogP contribution in [0.4, 0.5) is 13.2 Å². The fraction of sp³-hybridized carbons (Fsp3) is 0.125. The van der Waals surface area contributed by atoms with Gasteiger partial charge >= 0.3 is 0 Å². The van der Waals surface area contributed by atoms with Gasteiger partial charge in [0.2, 0.25) is 0 Å². The van der Waals surface area contributed by atoms with Gasteiger partial charge in [0.25, 0.3) is 0 Å². The summed E-state index contributed by atoms with van der Waals surface area (Å²) in [6.45, 7) is -0.708. The smallest absolute Gasteiger partial charge is 0.0986 e. The number of benzene rings is 3. The average Bonchev–Trinajstić information content (AvgIpc) is 2.98. The molecule has 0 N–H and O–H groups in total. The van der Waals surface area contributed by atoms with Gasteiger partial charge in [-0.15, -0.1) is 53.6 Å². The van der Waals surface area contributed by atoms with Crippen LogP contribution in [0.1, 0.15) is 22.3 Å². The van der Waals surface area contributed by atoms with E-state index in [2.05, 4.69) is 40.3 Å². The number of hydrogen-bond donors (Lipinski definition) is 0. The minimum Gasteiger partial charge on any atom is -0.305 e. The molecule has 1 radical (unpaired) electrons. The standard InChI is InChI=1S/C17H12N.C15H13F3N.Ir/c1-3-7-14(8-4-1)16-11-12-18-17(13-16)15-9-5-2-6-10-15;1-10-2-5-15(19-9-10)12-4-3-11(6-16)13(7-17)14(12)8-18;/h1-9,11-13H;2-3,5,9H,6-8H2,1H3;/q2*-1;. The maximum atomic E-state index is 13.2. The molecule has 2 heterocycles. The molecule has 0 aliphatic rings. The second-order valence-electron chi connectivity index (χ2n) is 8.34. The first kappa shape index (κ1) is 29.0. The predicted molar refractivity (Wildman–Crippen MR) is 142 cm³/mol.